The average Bonchev–Trinajstić information content (AvgIpc) is 2.19. The standard InChI is InChI=1S/C10H14O3/c1-2-12-10(13-8-11)9-6-4-3-5-7-9/h3-7,10-11H,2,8H2,1H3. The lowest BCUT2D eigenvalue weighted by molar-refractivity contribution is -0.183. The molecule has 0 aliphatic heterocycles. The van der Waals surface area contributed by atoms with Crippen molar-refractivity contribution in [2.45, 2.75) is 13.2 Å². The molecule has 1 rings (SSSR count). The minimum atomic E-state index is -0.462. The van der Waals surface area contributed by atoms with Crippen LogP contribution in [0.5, 0.6) is 0 Å². The van der Waals surface area contributed by atoms with E-state index < -0.39 is 6.29 Å². The second-order valence-electron chi connectivity index (χ2n) is 2.49. The maximum Gasteiger partial charge on any atom is 0.186 e. The first kappa shape index (κ1) is 10.2. The third kappa shape index (κ3) is 3.14. The summed E-state index contributed by atoms with van der Waals surface area (Å²) in [6.45, 7) is 2.11. The molecule has 13 heavy (non-hydrogen) atoms. The van der Waals surface area contributed by atoms with Gasteiger partial charge in [0.25, 0.3) is 0 Å². The lowest BCUT2D eigenvalue weighted by Gasteiger charge is -2.16. The van der Waals surface area contributed by atoms with Crippen LogP contribution in [0.2, 0.25) is 0 Å². The Balaban J connectivity index is 2.64. The zero-order valence-electron chi connectivity index (χ0n) is 7.64. The average molecular weight is 182 g/mol. The highest BCUT2D eigenvalue weighted by atomic mass is 16.7. The van der Waals surface area contributed by atoms with Crippen LogP contribution in [0, 0.1) is 0 Å². The van der Waals surface area contributed by atoms with Crippen LogP contribution in [-0.4, -0.2) is 18.5 Å². The van der Waals surface area contributed by atoms with E-state index in [0.29, 0.717) is 6.61 Å². The number of aliphatic hydroxyl groups excluding tert-OH is 1. The van der Waals surface area contributed by atoms with E-state index in [1.54, 1.807) is 0 Å². The molecule has 3 nitrogen and oxygen atoms in total. The van der Waals surface area contributed by atoms with Crippen LogP contribution >= 0.6 is 0 Å². The van der Waals surface area contributed by atoms with Crippen molar-refractivity contribution < 1.29 is 14.6 Å². The van der Waals surface area contributed by atoms with Gasteiger partial charge >= 0.3 is 0 Å². The van der Waals surface area contributed by atoms with Crippen molar-refractivity contribution in [2.75, 3.05) is 13.4 Å². The number of aliphatic hydroxyl groups is 1. The summed E-state index contributed by atoms with van der Waals surface area (Å²) in [5.74, 6) is 0. The third-order valence-electron chi connectivity index (χ3n) is 1.62. The van der Waals surface area contributed by atoms with Gasteiger partial charge in [0.2, 0.25) is 0 Å². The van der Waals surface area contributed by atoms with E-state index in [4.69, 9.17) is 14.6 Å². The number of hydrogen-bond acceptors (Lipinski definition) is 3. The molecule has 1 N–H and O–H groups in total. The van der Waals surface area contributed by atoms with Gasteiger partial charge in [-0.15, -0.1) is 0 Å². The van der Waals surface area contributed by atoms with E-state index in [1.165, 1.54) is 0 Å². The molecule has 0 aromatic heterocycles. The van der Waals surface area contributed by atoms with Gasteiger partial charge in [0.1, 0.15) is 6.79 Å². The molecule has 1 unspecified atom stereocenters. The number of hydrogen-bond donors (Lipinski definition) is 1. The molecule has 1 aromatic carbocycles. The molecule has 0 saturated carbocycles. The monoisotopic (exact) mass is 182 g/mol. The zero-order chi connectivity index (χ0) is 9.52. The van der Waals surface area contributed by atoms with Gasteiger partial charge in [0, 0.05) is 12.2 Å². The van der Waals surface area contributed by atoms with Gasteiger partial charge in [-0.3, -0.25) is 0 Å². The molecule has 0 aliphatic rings. The van der Waals surface area contributed by atoms with Crippen molar-refractivity contribution >= 4 is 0 Å². The fraction of sp³-hybridized carbons (Fsp3) is 0.400. The summed E-state index contributed by atoms with van der Waals surface area (Å²) in [6, 6.07) is 9.53. The lowest BCUT2D eigenvalue weighted by atomic mass is 10.2. The SMILES string of the molecule is CCOC(OCO)c1ccccc1. The Kier molecular flexibility index (Phi) is 4.46. The van der Waals surface area contributed by atoms with E-state index >= 15 is 0 Å². The molecule has 0 heterocycles. The Hall–Kier alpha value is -0.900. The van der Waals surface area contributed by atoms with E-state index in [1.807, 2.05) is 37.3 Å². The summed E-state index contributed by atoms with van der Waals surface area (Å²) in [4.78, 5) is 0. The second-order valence-corrected chi connectivity index (χ2v) is 2.49. The number of benzene rings is 1. The highest BCUT2D eigenvalue weighted by molar-refractivity contribution is 5.15. The van der Waals surface area contributed by atoms with Crippen LogP contribution in [0.3, 0.4) is 0 Å². The molecule has 0 spiro atoms. The minimum absolute atomic E-state index is 0.334. The van der Waals surface area contributed by atoms with Crippen LogP contribution in [0.25, 0.3) is 0 Å². The first-order valence-corrected chi connectivity index (χ1v) is 4.27. The summed E-state index contributed by atoms with van der Waals surface area (Å²) in [5, 5.41) is 8.62. The van der Waals surface area contributed by atoms with Gasteiger partial charge in [-0.1, -0.05) is 30.3 Å². The summed E-state index contributed by atoms with van der Waals surface area (Å²) in [7, 11) is 0. The summed E-state index contributed by atoms with van der Waals surface area (Å²) in [6.07, 6.45) is -0.462. The molecular weight excluding hydrogens is 168 g/mol. The fourth-order valence-corrected chi connectivity index (χ4v) is 1.07. The fourth-order valence-electron chi connectivity index (χ4n) is 1.07. The van der Waals surface area contributed by atoms with E-state index in [0.717, 1.165) is 5.56 Å². The van der Waals surface area contributed by atoms with Gasteiger partial charge < -0.3 is 14.6 Å². The molecule has 72 valence electrons. The molecule has 3 heteroatoms. The maximum atomic E-state index is 8.62. The largest absolute Gasteiger partial charge is 0.371 e. The van der Waals surface area contributed by atoms with E-state index in [-0.39, 0.29) is 6.79 Å². The van der Waals surface area contributed by atoms with Gasteiger partial charge in [0.15, 0.2) is 6.29 Å². The topological polar surface area (TPSA) is 38.7 Å². The van der Waals surface area contributed by atoms with E-state index in [9.17, 15) is 0 Å². The first-order valence-electron chi connectivity index (χ1n) is 4.27. The van der Waals surface area contributed by atoms with Crippen molar-refractivity contribution in [2.24, 2.45) is 0 Å². The quantitative estimate of drug-likeness (QED) is 0.704. The Morgan fingerprint density at radius 1 is 1.23 bits per heavy atom. The zero-order valence-corrected chi connectivity index (χ0v) is 7.64. The normalized spacial score (nSPS) is 12.8. The molecule has 0 amide bonds. The lowest BCUT2D eigenvalue weighted by Crippen LogP contribution is -2.09. The van der Waals surface area contributed by atoms with Crippen LogP contribution in [-0.2, 0) is 9.47 Å². The van der Waals surface area contributed by atoms with Gasteiger partial charge in [-0.2, -0.15) is 0 Å². The molecule has 0 fully saturated rings. The molecule has 0 radical (unpaired) electrons. The van der Waals surface area contributed by atoms with Gasteiger partial charge in [0.05, 0.1) is 0 Å². The van der Waals surface area contributed by atoms with Crippen LogP contribution in [0.4, 0.5) is 0 Å². The Morgan fingerprint density at radius 2 is 1.92 bits per heavy atom. The third-order valence-corrected chi connectivity index (χ3v) is 1.62. The van der Waals surface area contributed by atoms with Crippen LogP contribution in [0.1, 0.15) is 18.8 Å². The second kappa shape index (κ2) is 5.70. The van der Waals surface area contributed by atoms with Crippen molar-refractivity contribution in [1.82, 2.24) is 0 Å². The molecule has 0 bridgehead atoms. The van der Waals surface area contributed by atoms with Crippen LogP contribution in [0.15, 0.2) is 30.3 Å². The highest BCUT2D eigenvalue weighted by Crippen LogP contribution is 2.17. The van der Waals surface area contributed by atoms with Crippen molar-refractivity contribution in [3.8, 4) is 0 Å². The van der Waals surface area contributed by atoms with E-state index in [2.05, 4.69) is 0 Å². The number of rotatable bonds is 5. The van der Waals surface area contributed by atoms with Crippen LogP contribution < -0.4 is 0 Å². The van der Waals surface area contributed by atoms with Gasteiger partial charge in [-0.05, 0) is 6.92 Å². The highest BCUT2D eigenvalue weighted by Gasteiger charge is 2.09. The Labute approximate surface area is 77.9 Å². The molecular formula is C10H14O3. The molecule has 1 atom stereocenters. The first-order chi connectivity index (χ1) is 6.38. The summed E-state index contributed by atoms with van der Waals surface area (Å²) in [5.41, 5.74) is 0.915. The minimum Gasteiger partial charge on any atom is -0.371 e. The number of ether oxygens (including phenoxy) is 2. The molecule has 1 aromatic rings. The van der Waals surface area contributed by atoms with Crippen molar-refractivity contribution in [1.29, 1.82) is 0 Å². The smallest absolute Gasteiger partial charge is 0.186 e. The Morgan fingerprint density at radius 3 is 2.46 bits per heavy atom. The predicted octanol–water partition coefficient (Wildman–Crippen LogP) is 1.69. The van der Waals surface area contributed by atoms with Crippen molar-refractivity contribution in [3.05, 3.63) is 35.9 Å². The Bertz CT molecular complexity index is 217. The summed E-state index contributed by atoms with van der Waals surface area (Å²) < 4.78 is 10.3. The van der Waals surface area contributed by atoms with Crippen molar-refractivity contribution in [3.63, 3.8) is 0 Å². The maximum absolute atomic E-state index is 8.62. The summed E-state index contributed by atoms with van der Waals surface area (Å²) >= 11 is 0. The molecule has 0 aliphatic carbocycles. The predicted molar refractivity (Wildman–Crippen MR) is 49.0 cm³/mol. The van der Waals surface area contributed by atoms with Gasteiger partial charge in [-0.25, -0.2) is 0 Å². The molecule has 0 saturated heterocycles.